The zero-order chi connectivity index (χ0) is 20.9. The standard InChI is InChI=1S/C19H30FN3O5/c1-6-27-17(24)15(20)23-14(12-22(5)18(25)28-19(2,3)4)11-21-16(23)13-7-9-26-10-8-13/h11,13,15H,6-10,12H2,1-5H3. The van der Waals surface area contributed by atoms with Crippen molar-refractivity contribution in [2.24, 2.45) is 0 Å². The van der Waals surface area contributed by atoms with Crippen molar-refractivity contribution in [3.8, 4) is 0 Å². The third-order valence-corrected chi connectivity index (χ3v) is 4.30. The van der Waals surface area contributed by atoms with E-state index in [0.29, 0.717) is 37.6 Å². The Balaban J connectivity index is 2.28. The van der Waals surface area contributed by atoms with E-state index in [9.17, 15) is 9.59 Å². The summed E-state index contributed by atoms with van der Waals surface area (Å²) in [5, 5.41) is 0. The van der Waals surface area contributed by atoms with Crippen LogP contribution in [0.1, 0.15) is 64.3 Å². The van der Waals surface area contributed by atoms with Crippen LogP contribution in [0.3, 0.4) is 0 Å². The number of aromatic nitrogens is 2. The van der Waals surface area contributed by atoms with Crippen molar-refractivity contribution >= 4 is 12.1 Å². The largest absolute Gasteiger partial charge is 0.462 e. The summed E-state index contributed by atoms with van der Waals surface area (Å²) in [6.07, 6.45) is 0.306. The Morgan fingerprint density at radius 3 is 2.61 bits per heavy atom. The molecule has 0 radical (unpaired) electrons. The molecule has 0 N–H and O–H groups in total. The lowest BCUT2D eigenvalue weighted by Gasteiger charge is -2.26. The van der Waals surface area contributed by atoms with E-state index in [2.05, 4.69) is 4.98 Å². The highest BCUT2D eigenvalue weighted by Crippen LogP contribution is 2.30. The maximum absolute atomic E-state index is 15.0. The first kappa shape index (κ1) is 22.1. The first-order chi connectivity index (χ1) is 13.1. The molecular weight excluding hydrogens is 369 g/mol. The minimum absolute atomic E-state index is 0.0259. The molecule has 0 saturated carbocycles. The van der Waals surface area contributed by atoms with E-state index in [0.717, 1.165) is 0 Å². The Labute approximate surface area is 164 Å². The van der Waals surface area contributed by atoms with E-state index in [-0.39, 0.29) is 19.1 Å². The molecule has 28 heavy (non-hydrogen) atoms. The Morgan fingerprint density at radius 2 is 2.04 bits per heavy atom. The van der Waals surface area contributed by atoms with Crippen LogP contribution in [-0.2, 0) is 25.5 Å². The molecule has 1 fully saturated rings. The fourth-order valence-corrected chi connectivity index (χ4v) is 3.01. The number of carbonyl (C=O) groups excluding carboxylic acids is 2. The molecule has 1 atom stereocenters. The average Bonchev–Trinajstić information content (AvgIpc) is 3.04. The monoisotopic (exact) mass is 399 g/mol. The van der Waals surface area contributed by atoms with Gasteiger partial charge in [0.25, 0.3) is 6.30 Å². The highest BCUT2D eigenvalue weighted by atomic mass is 19.1. The predicted molar refractivity (Wildman–Crippen MR) is 99.5 cm³/mol. The molecule has 2 rings (SSSR count). The molecule has 1 aromatic rings. The maximum atomic E-state index is 15.0. The number of rotatable bonds is 6. The second-order valence-electron chi connectivity index (χ2n) is 7.79. The predicted octanol–water partition coefficient (Wildman–Crippen LogP) is 3.18. The van der Waals surface area contributed by atoms with Gasteiger partial charge in [-0.05, 0) is 40.5 Å². The fraction of sp³-hybridized carbons (Fsp3) is 0.737. The molecule has 1 aromatic heterocycles. The van der Waals surface area contributed by atoms with Crippen molar-refractivity contribution in [2.45, 2.75) is 64.9 Å². The molecule has 2 heterocycles. The smallest absolute Gasteiger partial charge is 0.410 e. The number of carbonyl (C=O) groups is 2. The van der Waals surface area contributed by atoms with Crippen LogP contribution in [0.25, 0.3) is 0 Å². The summed E-state index contributed by atoms with van der Waals surface area (Å²) in [5.74, 6) is -0.534. The van der Waals surface area contributed by atoms with Gasteiger partial charge < -0.3 is 19.1 Å². The molecule has 0 aliphatic carbocycles. The summed E-state index contributed by atoms with van der Waals surface area (Å²) in [6, 6.07) is 0. The van der Waals surface area contributed by atoms with Crippen LogP contribution in [0, 0.1) is 0 Å². The molecule has 1 unspecified atom stereocenters. The summed E-state index contributed by atoms with van der Waals surface area (Å²) in [7, 11) is 1.55. The average molecular weight is 399 g/mol. The van der Waals surface area contributed by atoms with Gasteiger partial charge in [0.1, 0.15) is 11.4 Å². The molecule has 1 saturated heterocycles. The van der Waals surface area contributed by atoms with Crippen LogP contribution in [0.5, 0.6) is 0 Å². The Bertz CT molecular complexity index is 680. The van der Waals surface area contributed by atoms with E-state index < -0.39 is 24.0 Å². The lowest BCUT2D eigenvalue weighted by atomic mass is 9.99. The van der Waals surface area contributed by atoms with E-state index in [1.54, 1.807) is 34.7 Å². The molecule has 0 bridgehead atoms. The van der Waals surface area contributed by atoms with Gasteiger partial charge in [-0.3, -0.25) is 4.57 Å². The van der Waals surface area contributed by atoms with Crippen molar-refractivity contribution in [2.75, 3.05) is 26.9 Å². The van der Waals surface area contributed by atoms with Crippen LogP contribution < -0.4 is 0 Å². The third kappa shape index (κ3) is 5.67. The van der Waals surface area contributed by atoms with E-state index >= 15 is 4.39 Å². The number of esters is 1. The molecular formula is C19H30FN3O5. The number of alkyl halides is 1. The number of imidazole rings is 1. The van der Waals surface area contributed by atoms with Crippen molar-refractivity contribution in [1.82, 2.24) is 14.5 Å². The number of hydrogen-bond acceptors (Lipinski definition) is 6. The number of halogens is 1. The number of nitrogens with zero attached hydrogens (tertiary/aromatic N) is 3. The summed E-state index contributed by atoms with van der Waals surface area (Å²) < 4.78 is 31.8. The van der Waals surface area contributed by atoms with Gasteiger partial charge in [0.15, 0.2) is 0 Å². The number of amides is 1. The van der Waals surface area contributed by atoms with Gasteiger partial charge in [-0.2, -0.15) is 0 Å². The first-order valence-electron chi connectivity index (χ1n) is 9.52. The fourth-order valence-electron chi connectivity index (χ4n) is 3.01. The Morgan fingerprint density at radius 1 is 1.39 bits per heavy atom. The Kier molecular flexibility index (Phi) is 7.40. The van der Waals surface area contributed by atoms with Gasteiger partial charge in [0.2, 0.25) is 0 Å². The van der Waals surface area contributed by atoms with Crippen LogP contribution in [0.4, 0.5) is 9.18 Å². The van der Waals surface area contributed by atoms with E-state index in [4.69, 9.17) is 14.2 Å². The van der Waals surface area contributed by atoms with Crippen molar-refractivity contribution < 1.29 is 28.2 Å². The molecule has 1 amide bonds. The minimum atomic E-state index is -2.03. The van der Waals surface area contributed by atoms with Gasteiger partial charge in [0.05, 0.1) is 25.0 Å². The second-order valence-corrected chi connectivity index (χ2v) is 7.79. The van der Waals surface area contributed by atoms with Gasteiger partial charge in [-0.25, -0.2) is 19.0 Å². The third-order valence-electron chi connectivity index (χ3n) is 4.30. The molecule has 8 nitrogen and oxygen atoms in total. The number of ether oxygens (including phenoxy) is 3. The van der Waals surface area contributed by atoms with Crippen LogP contribution in [0.15, 0.2) is 6.20 Å². The van der Waals surface area contributed by atoms with Gasteiger partial charge in [-0.1, -0.05) is 0 Å². The normalized spacial score (nSPS) is 16.5. The molecule has 0 aromatic carbocycles. The first-order valence-corrected chi connectivity index (χ1v) is 9.52. The van der Waals surface area contributed by atoms with Crippen LogP contribution >= 0.6 is 0 Å². The summed E-state index contributed by atoms with van der Waals surface area (Å²) in [4.78, 5) is 30.0. The zero-order valence-electron chi connectivity index (χ0n) is 17.2. The number of hydrogen-bond donors (Lipinski definition) is 0. The minimum Gasteiger partial charge on any atom is -0.462 e. The zero-order valence-corrected chi connectivity index (χ0v) is 17.2. The quantitative estimate of drug-likeness (QED) is 0.684. The van der Waals surface area contributed by atoms with Crippen LogP contribution in [-0.4, -0.2) is 59.0 Å². The second kappa shape index (κ2) is 9.36. The van der Waals surface area contributed by atoms with Gasteiger partial charge in [-0.15, -0.1) is 0 Å². The highest BCUT2D eigenvalue weighted by molar-refractivity contribution is 5.73. The molecule has 9 heteroatoms. The lowest BCUT2D eigenvalue weighted by Crippen LogP contribution is -2.35. The summed E-state index contributed by atoms with van der Waals surface area (Å²) in [5.41, 5.74) is -0.248. The van der Waals surface area contributed by atoms with Gasteiger partial charge in [0, 0.05) is 26.2 Å². The van der Waals surface area contributed by atoms with E-state index in [1.807, 2.05) is 0 Å². The van der Waals surface area contributed by atoms with Crippen molar-refractivity contribution in [1.29, 1.82) is 0 Å². The summed E-state index contributed by atoms with van der Waals surface area (Å²) in [6.45, 7) is 8.16. The Hall–Kier alpha value is -2.16. The van der Waals surface area contributed by atoms with Gasteiger partial charge >= 0.3 is 12.1 Å². The van der Waals surface area contributed by atoms with E-state index in [1.165, 1.54) is 15.7 Å². The lowest BCUT2D eigenvalue weighted by molar-refractivity contribution is -0.153. The topological polar surface area (TPSA) is 82.9 Å². The molecule has 1 aliphatic rings. The van der Waals surface area contributed by atoms with Crippen molar-refractivity contribution in [3.63, 3.8) is 0 Å². The highest BCUT2D eigenvalue weighted by Gasteiger charge is 2.31. The SMILES string of the molecule is CCOC(=O)C(F)n1c(CN(C)C(=O)OC(C)(C)C)cnc1C1CCOCC1. The summed E-state index contributed by atoms with van der Waals surface area (Å²) >= 11 is 0. The molecule has 1 aliphatic heterocycles. The van der Waals surface area contributed by atoms with Crippen LogP contribution in [0.2, 0.25) is 0 Å². The maximum Gasteiger partial charge on any atom is 0.410 e. The molecule has 0 spiro atoms. The van der Waals surface area contributed by atoms with Crippen molar-refractivity contribution in [3.05, 3.63) is 17.7 Å². The molecule has 158 valence electrons.